The fourth-order valence-electron chi connectivity index (χ4n) is 3.60. The number of aromatic nitrogens is 1. The van der Waals surface area contributed by atoms with E-state index in [1.54, 1.807) is 18.0 Å². The summed E-state index contributed by atoms with van der Waals surface area (Å²) in [6, 6.07) is 34.7. The van der Waals surface area contributed by atoms with Gasteiger partial charge in [-0.25, -0.2) is 0 Å². The van der Waals surface area contributed by atoms with Gasteiger partial charge in [0.2, 0.25) is 0 Å². The van der Waals surface area contributed by atoms with E-state index in [1.165, 1.54) is 0 Å². The first kappa shape index (κ1) is 19.3. The summed E-state index contributed by atoms with van der Waals surface area (Å²) in [4.78, 5) is 5.36. The Bertz CT molecular complexity index is 983. The van der Waals surface area contributed by atoms with Crippen molar-refractivity contribution in [2.45, 2.75) is 0 Å². The van der Waals surface area contributed by atoms with Crippen LogP contribution in [-0.2, 0) is 3.07 Å². The normalized spacial score (nSPS) is 11.1. The van der Waals surface area contributed by atoms with Crippen molar-refractivity contribution < 1.29 is 7.91 Å². The van der Waals surface area contributed by atoms with Crippen molar-refractivity contribution in [2.24, 2.45) is 0 Å². The zero-order valence-electron chi connectivity index (χ0n) is 16.2. The summed E-state index contributed by atoms with van der Waals surface area (Å²) in [5.74, 6) is 0.115. The average molecular weight is 489 g/mol. The predicted molar refractivity (Wildman–Crippen MR) is 119 cm³/mol. The van der Waals surface area contributed by atoms with Crippen LogP contribution < -0.4 is 15.6 Å². The number of nitrogens with one attached hydrogen (secondary N) is 1. The molecule has 0 atom stereocenters. The fraction of sp³-hybridized carbons (Fsp3) is 0.0417. The van der Waals surface area contributed by atoms with E-state index in [1.807, 2.05) is 66.7 Å². The van der Waals surface area contributed by atoms with Crippen LogP contribution in [-0.4, -0.2) is 36.5 Å². The molecule has 4 rings (SSSR count). The van der Waals surface area contributed by atoms with Crippen molar-refractivity contribution in [3.63, 3.8) is 0 Å². The van der Waals surface area contributed by atoms with Crippen molar-refractivity contribution in [2.75, 3.05) is 7.11 Å². The molecule has 1 aromatic heterocycles. The molecule has 0 aliphatic rings. The van der Waals surface area contributed by atoms with Crippen molar-refractivity contribution >= 4 is 35.4 Å². The summed E-state index contributed by atoms with van der Waals surface area (Å²) in [5, 5.41) is 8.82. The summed E-state index contributed by atoms with van der Waals surface area (Å²) in [7, 11) is 1.58. The molecule has 1 heterocycles. The molecule has 1 N–H and O–H groups in total. The Balaban J connectivity index is 1.94. The van der Waals surface area contributed by atoms with Gasteiger partial charge in [0.05, 0.1) is 0 Å². The molecule has 0 saturated heterocycles. The van der Waals surface area contributed by atoms with E-state index >= 15 is 0 Å². The average Bonchev–Trinajstić information content (AvgIpc) is 3.28. The molecule has 0 saturated carbocycles. The van der Waals surface area contributed by atoms with Crippen molar-refractivity contribution in [1.29, 1.82) is 5.41 Å². The third-order valence-electron chi connectivity index (χ3n) is 4.94. The summed E-state index contributed by atoms with van der Waals surface area (Å²) in [6.07, 6.45) is 1.78. The summed E-state index contributed by atoms with van der Waals surface area (Å²) in [6.45, 7) is 0. The number of benzene rings is 3. The number of nitrogens with zero attached hydrogens (tertiary/aromatic N) is 1. The van der Waals surface area contributed by atoms with Gasteiger partial charge in [0.1, 0.15) is 0 Å². The van der Waals surface area contributed by atoms with Crippen LogP contribution in [0, 0.1) is 5.41 Å². The van der Waals surface area contributed by atoms with Gasteiger partial charge in [-0.1, -0.05) is 0 Å². The monoisotopic (exact) mass is 490 g/mol. The van der Waals surface area contributed by atoms with Crippen LogP contribution in [0.3, 0.4) is 0 Å². The number of hydrogen-bond donors (Lipinski definition) is 1. The van der Waals surface area contributed by atoms with Crippen LogP contribution in [0.5, 0.6) is 0 Å². The van der Waals surface area contributed by atoms with E-state index in [0.29, 0.717) is 5.69 Å². The molecule has 0 spiro atoms. The van der Waals surface area contributed by atoms with Crippen LogP contribution in [0.2, 0.25) is 0 Å². The quantitative estimate of drug-likeness (QED) is 0.257. The SMILES string of the molecule is COn1cccc1C(=N)[O][Sn]([c]1ccccc1)([c]1ccccc1)[c]1ccccc1. The molecule has 29 heavy (non-hydrogen) atoms. The van der Waals surface area contributed by atoms with Gasteiger partial charge in [-0.15, -0.1) is 0 Å². The van der Waals surface area contributed by atoms with E-state index < -0.39 is 18.8 Å². The van der Waals surface area contributed by atoms with E-state index in [-0.39, 0.29) is 5.90 Å². The maximum absolute atomic E-state index is 8.82. The van der Waals surface area contributed by atoms with Gasteiger partial charge in [-0.05, 0) is 0 Å². The molecule has 0 unspecified atom stereocenters. The van der Waals surface area contributed by atoms with Gasteiger partial charge in [0.15, 0.2) is 0 Å². The second-order valence-electron chi connectivity index (χ2n) is 6.61. The van der Waals surface area contributed by atoms with E-state index in [9.17, 15) is 0 Å². The van der Waals surface area contributed by atoms with Gasteiger partial charge in [0, 0.05) is 0 Å². The minimum absolute atomic E-state index is 0.115. The molecule has 4 nitrogen and oxygen atoms in total. The van der Waals surface area contributed by atoms with E-state index in [4.69, 9.17) is 13.3 Å². The summed E-state index contributed by atoms with van der Waals surface area (Å²) >= 11 is -3.99. The van der Waals surface area contributed by atoms with Crippen LogP contribution in [0.4, 0.5) is 0 Å². The first-order valence-electron chi connectivity index (χ1n) is 9.42. The van der Waals surface area contributed by atoms with Crippen LogP contribution >= 0.6 is 0 Å². The molecule has 0 aliphatic carbocycles. The molecule has 4 aromatic rings. The molecule has 0 aliphatic heterocycles. The summed E-state index contributed by atoms with van der Waals surface area (Å²) < 4.78 is 11.8. The number of hydrogen-bond acceptors (Lipinski definition) is 3. The Morgan fingerprint density at radius 1 is 0.690 bits per heavy atom. The molecule has 5 heteroatoms. The van der Waals surface area contributed by atoms with Crippen LogP contribution in [0.25, 0.3) is 0 Å². The second kappa shape index (κ2) is 8.57. The number of rotatable bonds is 6. The standard InChI is InChI=1S/C6H8N2O2.3C6H5.Sn/c1-10-8-4-2-3-5(8)6(7)9;3*1-2-4-6-5-3-1;/h2-4H,1H3,(H2,7,9);3*1-5H;/q;;;;+1/p-1. The molecule has 144 valence electrons. The van der Waals surface area contributed by atoms with Crippen molar-refractivity contribution in [1.82, 2.24) is 4.73 Å². The van der Waals surface area contributed by atoms with E-state index in [2.05, 4.69) is 36.4 Å². The third kappa shape index (κ3) is 3.68. The Morgan fingerprint density at radius 3 is 1.55 bits per heavy atom. The van der Waals surface area contributed by atoms with Gasteiger partial charge in [-0.3, -0.25) is 0 Å². The third-order valence-corrected chi connectivity index (χ3v) is 16.2. The zero-order valence-corrected chi connectivity index (χ0v) is 19.0. The predicted octanol–water partition coefficient (Wildman–Crippen LogP) is 2.56. The molecule has 0 amide bonds. The Hall–Kier alpha value is -2.99. The van der Waals surface area contributed by atoms with Crippen LogP contribution in [0.1, 0.15) is 5.69 Å². The van der Waals surface area contributed by atoms with Gasteiger partial charge >= 0.3 is 176 Å². The fourth-order valence-corrected chi connectivity index (χ4v) is 14.3. The van der Waals surface area contributed by atoms with Crippen LogP contribution in [0.15, 0.2) is 109 Å². The Morgan fingerprint density at radius 2 is 1.14 bits per heavy atom. The Labute approximate surface area is 175 Å². The first-order chi connectivity index (χ1) is 14.3. The molecule has 0 radical (unpaired) electrons. The maximum atomic E-state index is 8.82. The molecular weight excluding hydrogens is 467 g/mol. The van der Waals surface area contributed by atoms with Gasteiger partial charge < -0.3 is 0 Å². The minimum atomic E-state index is -3.99. The van der Waals surface area contributed by atoms with Gasteiger partial charge in [0.25, 0.3) is 0 Å². The molecular formula is C24H22N2O2Sn. The molecule has 0 bridgehead atoms. The zero-order chi connectivity index (χ0) is 20.1. The van der Waals surface area contributed by atoms with Gasteiger partial charge in [-0.2, -0.15) is 0 Å². The topological polar surface area (TPSA) is 47.2 Å². The first-order valence-corrected chi connectivity index (χ1v) is 14.9. The van der Waals surface area contributed by atoms with Crippen molar-refractivity contribution in [3.8, 4) is 0 Å². The molecule has 0 fully saturated rings. The summed E-state index contributed by atoms with van der Waals surface area (Å²) in [5.41, 5.74) is 0.594. The van der Waals surface area contributed by atoms with Crippen molar-refractivity contribution in [3.05, 3.63) is 115 Å². The Kier molecular flexibility index (Phi) is 5.71. The second-order valence-corrected chi connectivity index (χ2v) is 16.0. The molecule has 3 aromatic carbocycles. The van der Waals surface area contributed by atoms with E-state index in [0.717, 1.165) is 10.7 Å².